The highest BCUT2D eigenvalue weighted by molar-refractivity contribution is 5.69. The Morgan fingerprint density at radius 2 is 2.55 bits per heavy atom. The van der Waals surface area contributed by atoms with Crippen molar-refractivity contribution >= 4 is 6.09 Å². The largest absolute Gasteiger partial charge is 0.448 e. The summed E-state index contributed by atoms with van der Waals surface area (Å²) >= 11 is 0. The van der Waals surface area contributed by atoms with E-state index in [9.17, 15) is 4.79 Å². The molecule has 0 N–H and O–H groups in total. The van der Waals surface area contributed by atoms with Gasteiger partial charge in [0.15, 0.2) is 0 Å². The monoisotopic (exact) mass is 154 g/mol. The van der Waals surface area contributed by atoms with E-state index in [4.69, 9.17) is 4.74 Å². The minimum absolute atomic E-state index is 0.373. The van der Waals surface area contributed by atoms with E-state index in [1.165, 1.54) is 4.68 Å². The number of hydrogen-bond donors (Lipinski definition) is 0. The van der Waals surface area contributed by atoms with E-state index >= 15 is 0 Å². The second kappa shape index (κ2) is 3.18. The van der Waals surface area contributed by atoms with Crippen molar-refractivity contribution in [2.24, 2.45) is 0 Å². The third-order valence-corrected chi connectivity index (χ3v) is 1.18. The fourth-order valence-corrected chi connectivity index (χ4v) is 0.706. The summed E-state index contributed by atoms with van der Waals surface area (Å²) < 4.78 is 5.88. The van der Waals surface area contributed by atoms with Gasteiger partial charge in [-0.15, -0.1) is 0 Å². The Labute approximate surface area is 64.8 Å². The van der Waals surface area contributed by atoms with Gasteiger partial charge in [0.1, 0.15) is 0 Å². The van der Waals surface area contributed by atoms with Gasteiger partial charge in [-0.25, -0.2) is 4.79 Å². The molecule has 0 saturated heterocycles. The van der Waals surface area contributed by atoms with Crippen molar-refractivity contribution in [1.29, 1.82) is 0 Å². The van der Waals surface area contributed by atoms with Crippen LogP contribution in [0.5, 0.6) is 0 Å². The fourth-order valence-electron chi connectivity index (χ4n) is 0.706. The first-order valence-electron chi connectivity index (χ1n) is 3.43. The normalized spacial score (nSPS) is 9.64. The summed E-state index contributed by atoms with van der Waals surface area (Å²) in [6, 6.07) is 1.75. The number of aryl methyl sites for hydroxylation is 1. The summed E-state index contributed by atoms with van der Waals surface area (Å²) in [5.74, 6) is 0. The molecule has 0 amide bonds. The number of nitrogens with zero attached hydrogens (tertiary/aromatic N) is 2. The van der Waals surface area contributed by atoms with E-state index in [1.54, 1.807) is 19.2 Å². The second-order valence-corrected chi connectivity index (χ2v) is 2.10. The molecule has 0 radical (unpaired) electrons. The topological polar surface area (TPSA) is 44.1 Å². The smallest absolute Gasteiger partial charge is 0.434 e. The molecule has 60 valence electrons. The van der Waals surface area contributed by atoms with E-state index in [0.29, 0.717) is 6.61 Å². The second-order valence-electron chi connectivity index (χ2n) is 2.10. The lowest BCUT2D eigenvalue weighted by Gasteiger charge is -1.98. The summed E-state index contributed by atoms with van der Waals surface area (Å²) in [5.41, 5.74) is 0.804. The van der Waals surface area contributed by atoms with Crippen LogP contribution in [0, 0.1) is 6.92 Å². The van der Waals surface area contributed by atoms with Crippen molar-refractivity contribution in [3.8, 4) is 0 Å². The molecule has 0 aliphatic heterocycles. The van der Waals surface area contributed by atoms with E-state index in [0.717, 1.165) is 5.69 Å². The molecule has 0 aliphatic carbocycles. The number of ether oxygens (including phenoxy) is 1. The van der Waals surface area contributed by atoms with Crippen molar-refractivity contribution in [3.05, 3.63) is 18.0 Å². The lowest BCUT2D eigenvalue weighted by molar-refractivity contribution is 0.150. The molecule has 11 heavy (non-hydrogen) atoms. The van der Waals surface area contributed by atoms with Gasteiger partial charge in [-0.1, -0.05) is 0 Å². The Balaban J connectivity index is 2.69. The summed E-state index contributed by atoms with van der Waals surface area (Å²) in [5, 5.41) is 3.87. The third kappa shape index (κ3) is 1.80. The SMILES string of the molecule is CCOC(=O)n1ccc(C)n1. The zero-order valence-corrected chi connectivity index (χ0v) is 6.57. The minimum atomic E-state index is -0.430. The predicted molar refractivity (Wildman–Crippen MR) is 39.4 cm³/mol. The molecule has 1 aromatic rings. The molecule has 1 heterocycles. The number of rotatable bonds is 1. The first-order chi connectivity index (χ1) is 5.24. The number of carbonyl (C=O) groups is 1. The van der Waals surface area contributed by atoms with Crippen molar-refractivity contribution in [2.45, 2.75) is 13.8 Å². The molecule has 0 atom stereocenters. The van der Waals surface area contributed by atoms with Crippen LogP contribution in [0.15, 0.2) is 12.3 Å². The highest BCUT2D eigenvalue weighted by Crippen LogP contribution is 1.93. The molecule has 0 bridgehead atoms. The van der Waals surface area contributed by atoms with Crippen LogP contribution in [0.1, 0.15) is 12.6 Å². The van der Waals surface area contributed by atoms with Gasteiger partial charge in [0.25, 0.3) is 0 Å². The van der Waals surface area contributed by atoms with Crippen LogP contribution >= 0.6 is 0 Å². The van der Waals surface area contributed by atoms with E-state index in [1.807, 2.05) is 6.92 Å². The third-order valence-electron chi connectivity index (χ3n) is 1.18. The Morgan fingerprint density at radius 1 is 1.82 bits per heavy atom. The molecule has 0 fully saturated rings. The maximum absolute atomic E-state index is 10.9. The standard InChI is InChI=1S/C7H10N2O2/c1-3-11-7(10)9-5-4-6(2)8-9/h4-5H,3H2,1-2H3. The van der Waals surface area contributed by atoms with Gasteiger partial charge >= 0.3 is 6.09 Å². The van der Waals surface area contributed by atoms with Gasteiger partial charge in [0, 0.05) is 6.20 Å². The zero-order chi connectivity index (χ0) is 8.27. The molecule has 0 aromatic carbocycles. The van der Waals surface area contributed by atoms with Crippen LogP contribution in [-0.2, 0) is 4.74 Å². The summed E-state index contributed by atoms with van der Waals surface area (Å²) in [6.45, 7) is 3.95. The summed E-state index contributed by atoms with van der Waals surface area (Å²) in [6.07, 6.45) is 1.15. The fraction of sp³-hybridized carbons (Fsp3) is 0.429. The minimum Gasteiger partial charge on any atom is -0.448 e. The van der Waals surface area contributed by atoms with Gasteiger partial charge in [0.05, 0.1) is 12.3 Å². The van der Waals surface area contributed by atoms with Crippen molar-refractivity contribution < 1.29 is 9.53 Å². The Kier molecular flexibility index (Phi) is 2.25. The van der Waals surface area contributed by atoms with Crippen LogP contribution in [0.2, 0.25) is 0 Å². The van der Waals surface area contributed by atoms with Crippen LogP contribution in [0.4, 0.5) is 4.79 Å². The Morgan fingerprint density at radius 3 is 3.00 bits per heavy atom. The first-order valence-corrected chi connectivity index (χ1v) is 3.43. The number of aromatic nitrogens is 2. The average Bonchev–Trinajstić information content (AvgIpc) is 2.36. The van der Waals surface area contributed by atoms with E-state index in [2.05, 4.69) is 5.10 Å². The van der Waals surface area contributed by atoms with Gasteiger partial charge in [-0.05, 0) is 19.9 Å². The molecule has 4 nitrogen and oxygen atoms in total. The van der Waals surface area contributed by atoms with E-state index < -0.39 is 6.09 Å². The van der Waals surface area contributed by atoms with Crippen molar-refractivity contribution in [3.63, 3.8) is 0 Å². The molecule has 0 aliphatic rings. The van der Waals surface area contributed by atoms with Crippen molar-refractivity contribution in [1.82, 2.24) is 9.78 Å². The number of hydrogen-bond acceptors (Lipinski definition) is 3. The lowest BCUT2D eigenvalue weighted by atomic mass is 10.5. The van der Waals surface area contributed by atoms with Crippen LogP contribution in [-0.4, -0.2) is 22.5 Å². The van der Waals surface area contributed by atoms with Crippen LogP contribution in [0.3, 0.4) is 0 Å². The lowest BCUT2D eigenvalue weighted by Crippen LogP contribution is -2.13. The van der Waals surface area contributed by atoms with Crippen LogP contribution in [0.25, 0.3) is 0 Å². The molecular weight excluding hydrogens is 144 g/mol. The summed E-state index contributed by atoms with van der Waals surface area (Å²) in [4.78, 5) is 10.9. The molecule has 1 rings (SSSR count). The molecule has 1 aromatic heterocycles. The van der Waals surface area contributed by atoms with E-state index in [-0.39, 0.29) is 0 Å². The molecular formula is C7H10N2O2. The molecule has 0 spiro atoms. The zero-order valence-electron chi connectivity index (χ0n) is 6.57. The maximum Gasteiger partial charge on any atom is 0.434 e. The Hall–Kier alpha value is -1.32. The average molecular weight is 154 g/mol. The van der Waals surface area contributed by atoms with Gasteiger partial charge in [-0.2, -0.15) is 9.78 Å². The van der Waals surface area contributed by atoms with Gasteiger partial charge in [-0.3, -0.25) is 0 Å². The first kappa shape index (κ1) is 7.78. The van der Waals surface area contributed by atoms with Crippen LogP contribution < -0.4 is 0 Å². The molecule has 4 heteroatoms. The highest BCUT2D eigenvalue weighted by atomic mass is 16.5. The predicted octanol–water partition coefficient (Wildman–Crippen LogP) is 1.20. The Bertz CT molecular complexity index is 255. The molecule has 0 saturated carbocycles. The number of carbonyl (C=O) groups excluding carboxylic acids is 1. The van der Waals surface area contributed by atoms with Crippen molar-refractivity contribution in [2.75, 3.05) is 6.61 Å². The quantitative estimate of drug-likeness (QED) is 0.610. The summed E-state index contributed by atoms with van der Waals surface area (Å²) in [7, 11) is 0. The highest BCUT2D eigenvalue weighted by Gasteiger charge is 2.04. The molecule has 0 unspecified atom stereocenters. The maximum atomic E-state index is 10.9. The van der Waals surface area contributed by atoms with Gasteiger partial charge < -0.3 is 4.74 Å². The van der Waals surface area contributed by atoms with Gasteiger partial charge in [0.2, 0.25) is 0 Å².